The first kappa shape index (κ1) is 15.5. The molecule has 0 bridgehead atoms. The zero-order chi connectivity index (χ0) is 16.9. The first-order valence-corrected chi connectivity index (χ1v) is 7.24. The lowest BCUT2D eigenvalue weighted by molar-refractivity contribution is 0.0952. The third-order valence-corrected chi connectivity index (χ3v) is 3.50. The lowest BCUT2D eigenvalue weighted by atomic mass is 10.1. The standard InChI is InChI=1S/C18H15N3O3/c1-24-15-9-3-8-14(17(15)22)18(23)21-20-11-13-6-2-5-12-7-4-10-19-16(12)13/h2-11,22H,1H3,(H,21,23)/b20-11+. The van der Waals surface area contributed by atoms with Crippen LogP contribution >= 0.6 is 0 Å². The third kappa shape index (κ3) is 3.03. The number of aromatic nitrogens is 1. The number of carbonyl (C=O) groups excluding carboxylic acids is 1. The van der Waals surface area contributed by atoms with Crippen LogP contribution < -0.4 is 10.2 Å². The van der Waals surface area contributed by atoms with Gasteiger partial charge in [-0.1, -0.05) is 30.3 Å². The predicted octanol–water partition coefficient (Wildman–Crippen LogP) is 2.71. The van der Waals surface area contributed by atoms with Crippen LogP contribution in [-0.2, 0) is 0 Å². The highest BCUT2D eigenvalue weighted by Crippen LogP contribution is 2.29. The van der Waals surface area contributed by atoms with Gasteiger partial charge in [0.2, 0.25) is 0 Å². The van der Waals surface area contributed by atoms with Crippen LogP contribution in [0.3, 0.4) is 0 Å². The van der Waals surface area contributed by atoms with E-state index in [1.54, 1.807) is 18.3 Å². The number of phenols is 1. The Morgan fingerprint density at radius 2 is 2.00 bits per heavy atom. The Labute approximate surface area is 138 Å². The second-order valence-electron chi connectivity index (χ2n) is 4.98. The Bertz CT molecular complexity index is 917. The van der Waals surface area contributed by atoms with Crippen LogP contribution in [-0.4, -0.2) is 29.3 Å². The van der Waals surface area contributed by atoms with Crippen molar-refractivity contribution in [1.29, 1.82) is 0 Å². The number of hydrogen-bond acceptors (Lipinski definition) is 5. The molecule has 0 aliphatic carbocycles. The number of nitrogens with zero attached hydrogens (tertiary/aromatic N) is 2. The van der Waals surface area contributed by atoms with Crippen molar-refractivity contribution in [2.24, 2.45) is 5.10 Å². The largest absolute Gasteiger partial charge is 0.504 e. The maximum absolute atomic E-state index is 12.1. The van der Waals surface area contributed by atoms with Crippen molar-refractivity contribution < 1.29 is 14.6 Å². The van der Waals surface area contributed by atoms with E-state index < -0.39 is 5.91 Å². The number of phenolic OH excluding ortho intramolecular Hbond substituents is 1. The number of benzene rings is 2. The fraction of sp³-hybridized carbons (Fsp3) is 0.0556. The van der Waals surface area contributed by atoms with Crippen molar-refractivity contribution in [2.75, 3.05) is 7.11 Å². The van der Waals surface area contributed by atoms with E-state index in [-0.39, 0.29) is 17.1 Å². The van der Waals surface area contributed by atoms with Gasteiger partial charge < -0.3 is 9.84 Å². The number of nitrogens with one attached hydrogen (secondary N) is 1. The van der Waals surface area contributed by atoms with Gasteiger partial charge >= 0.3 is 0 Å². The number of fused-ring (bicyclic) bond motifs is 1. The summed E-state index contributed by atoms with van der Waals surface area (Å²) in [6.45, 7) is 0. The number of amides is 1. The molecule has 120 valence electrons. The third-order valence-electron chi connectivity index (χ3n) is 3.50. The Morgan fingerprint density at radius 1 is 1.21 bits per heavy atom. The molecule has 2 N–H and O–H groups in total. The maximum atomic E-state index is 12.1. The number of para-hydroxylation sites is 2. The van der Waals surface area contributed by atoms with Gasteiger partial charge in [-0.3, -0.25) is 9.78 Å². The summed E-state index contributed by atoms with van der Waals surface area (Å²) in [4.78, 5) is 16.4. The van der Waals surface area contributed by atoms with Gasteiger partial charge in [-0.05, 0) is 18.2 Å². The van der Waals surface area contributed by atoms with Crippen LogP contribution in [0.4, 0.5) is 0 Å². The molecule has 0 radical (unpaired) electrons. The fourth-order valence-corrected chi connectivity index (χ4v) is 2.32. The molecule has 24 heavy (non-hydrogen) atoms. The van der Waals surface area contributed by atoms with Gasteiger partial charge in [-0.2, -0.15) is 5.10 Å². The van der Waals surface area contributed by atoms with E-state index >= 15 is 0 Å². The van der Waals surface area contributed by atoms with Gasteiger partial charge in [0.15, 0.2) is 11.5 Å². The van der Waals surface area contributed by atoms with Crippen LogP contribution in [0.5, 0.6) is 11.5 Å². The van der Waals surface area contributed by atoms with E-state index in [0.717, 1.165) is 16.5 Å². The van der Waals surface area contributed by atoms with Crippen molar-refractivity contribution in [3.05, 3.63) is 65.9 Å². The van der Waals surface area contributed by atoms with Crippen LogP contribution in [0.2, 0.25) is 0 Å². The minimum absolute atomic E-state index is 0.0857. The fourth-order valence-electron chi connectivity index (χ4n) is 2.32. The molecule has 0 saturated carbocycles. The predicted molar refractivity (Wildman–Crippen MR) is 91.5 cm³/mol. The lowest BCUT2D eigenvalue weighted by Crippen LogP contribution is -2.17. The average Bonchev–Trinajstić information content (AvgIpc) is 2.62. The zero-order valence-corrected chi connectivity index (χ0v) is 12.9. The molecule has 0 aliphatic heterocycles. The summed E-state index contributed by atoms with van der Waals surface area (Å²) in [6, 6.07) is 14.2. The van der Waals surface area contributed by atoms with Gasteiger partial charge in [0.1, 0.15) is 0 Å². The first-order chi connectivity index (χ1) is 11.7. The molecule has 1 aromatic heterocycles. The smallest absolute Gasteiger partial charge is 0.275 e. The molecule has 0 unspecified atom stereocenters. The van der Waals surface area contributed by atoms with Gasteiger partial charge in [0.05, 0.1) is 24.4 Å². The molecule has 6 nitrogen and oxygen atoms in total. The number of rotatable bonds is 4. The van der Waals surface area contributed by atoms with Crippen molar-refractivity contribution in [3.8, 4) is 11.5 Å². The number of methoxy groups -OCH3 is 1. The molecule has 1 amide bonds. The van der Waals surface area contributed by atoms with E-state index in [0.29, 0.717) is 0 Å². The normalized spacial score (nSPS) is 10.9. The Kier molecular flexibility index (Phi) is 4.38. The van der Waals surface area contributed by atoms with Crippen molar-refractivity contribution in [1.82, 2.24) is 10.4 Å². The summed E-state index contributed by atoms with van der Waals surface area (Å²) in [7, 11) is 1.42. The Hall–Kier alpha value is -3.41. The number of pyridine rings is 1. The minimum Gasteiger partial charge on any atom is -0.504 e. The molecule has 3 aromatic rings. The number of hydrogen-bond donors (Lipinski definition) is 2. The van der Waals surface area contributed by atoms with E-state index in [9.17, 15) is 9.90 Å². The number of carbonyl (C=O) groups is 1. The van der Waals surface area contributed by atoms with Crippen LogP contribution in [0, 0.1) is 0 Å². The summed E-state index contributed by atoms with van der Waals surface area (Å²) >= 11 is 0. The van der Waals surface area contributed by atoms with Crippen LogP contribution in [0.25, 0.3) is 10.9 Å². The van der Waals surface area contributed by atoms with E-state index in [2.05, 4.69) is 15.5 Å². The summed E-state index contributed by atoms with van der Waals surface area (Å²) in [6.07, 6.45) is 3.22. The molecular formula is C18H15N3O3. The average molecular weight is 321 g/mol. The maximum Gasteiger partial charge on any atom is 0.275 e. The molecule has 2 aromatic carbocycles. The number of aromatic hydroxyl groups is 1. The second kappa shape index (κ2) is 6.78. The first-order valence-electron chi connectivity index (χ1n) is 7.24. The molecule has 0 atom stereocenters. The number of hydrazone groups is 1. The van der Waals surface area contributed by atoms with Gasteiger partial charge in [0.25, 0.3) is 5.91 Å². The minimum atomic E-state index is -0.532. The molecule has 0 fully saturated rings. The topological polar surface area (TPSA) is 83.8 Å². The Balaban J connectivity index is 1.80. The summed E-state index contributed by atoms with van der Waals surface area (Å²) in [5.74, 6) is -0.528. The molecular weight excluding hydrogens is 306 g/mol. The zero-order valence-electron chi connectivity index (χ0n) is 12.9. The van der Waals surface area contributed by atoms with Crippen molar-refractivity contribution in [2.45, 2.75) is 0 Å². The quantitative estimate of drug-likeness (QED) is 0.571. The SMILES string of the molecule is COc1cccc(C(=O)N/N=C/c2cccc3cccnc23)c1O. The Morgan fingerprint density at radius 3 is 2.83 bits per heavy atom. The van der Waals surface area contributed by atoms with Crippen LogP contribution in [0.1, 0.15) is 15.9 Å². The molecule has 3 rings (SSSR count). The van der Waals surface area contributed by atoms with E-state index in [4.69, 9.17) is 4.74 Å². The van der Waals surface area contributed by atoms with Crippen molar-refractivity contribution in [3.63, 3.8) is 0 Å². The molecule has 0 spiro atoms. The van der Waals surface area contributed by atoms with Gasteiger partial charge in [0, 0.05) is 17.1 Å². The molecule has 6 heteroatoms. The van der Waals surface area contributed by atoms with E-state index in [1.165, 1.54) is 19.4 Å². The molecule has 0 aliphatic rings. The number of ether oxygens (including phenoxy) is 1. The van der Waals surface area contributed by atoms with Gasteiger partial charge in [-0.25, -0.2) is 5.43 Å². The second-order valence-corrected chi connectivity index (χ2v) is 4.98. The highest BCUT2D eigenvalue weighted by atomic mass is 16.5. The van der Waals surface area contributed by atoms with Crippen LogP contribution in [0.15, 0.2) is 59.8 Å². The lowest BCUT2D eigenvalue weighted by Gasteiger charge is -2.07. The summed E-state index contributed by atoms with van der Waals surface area (Å²) in [5, 5.41) is 14.9. The van der Waals surface area contributed by atoms with E-state index in [1.807, 2.05) is 30.3 Å². The summed E-state index contributed by atoms with van der Waals surface area (Å²) < 4.78 is 4.98. The highest BCUT2D eigenvalue weighted by Gasteiger charge is 2.13. The van der Waals surface area contributed by atoms with Gasteiger partial charge in [-0.15, -0.1) is 0 Å². The highest BCUT2D eigenvalue weighted by molar-refractivity contribution is 6.00. The summed E-state index contributed by atoms with van der Waals surface area (Å²) in [5.41, 5.74) is 4.05. The van der Waals surface area contributed by atoms with Crippen molar-refractivity contribution >= 4 is 23.0 Å². The molecule has 0 saturated heterocycles. The monoisotopic (exact) mass is 321 g/mol. The molecule has 1 heterocycles.